The van der Waals surface area contributed by atoms with E-state index in [1.165, 1.54) is 19.3 Å². The molecule has 142 valence electrons. The molecule has 0 spiro atoms. The number of aliphatic imine (C=N–C) groups is 1. The van der Waals surface area contributed by atoms with E-state index in [0.29, 0.717) is 18.5 Å². The Morgan fingerprint density at radius 2 is 2.16 bits per heavy atom. The fourth-order valence-electron chi connectivity index (χ4n) is 2.86. The molecule has 2 N–H and O–H groups in total. The molecule has 8 heteroatoms. The van der Waals surface area contributed by atoms with Crippen LogP contribution in [-0.2, 0) is 18.3 Å². The van der Waals surface area contributed by atoms with Crippen LogP contribution in [0.3, 0.4) is 0 Å². The summed E-state index contributed by atoms with van der Waals surface area (Å²) in [4.78, 5) is 4.64. The fourth-order valence-corrected chi connectivity index (χ4v) is 2.86. The number of hydrogen-bond donors (Lipinski definition) is 2. The van der Waals surface area contributed by atoms with E-state index in [1.54, 1.807) is 7.11 Å². The van der Waals surface area contributed by atoms with Crippen LogP contribution in [0, 0.1) is 12.3 Å². The van der Waals surface area contributed by atoms with Gasteiger partial charge >= 0.3 is 0 Å². The van der Waals surface area contributed by atoms with Gasteiger partial charge in [0.2, 0.25) is 0 Å². The van der Waals surface area contributed by atoms with Gasteiger partial charge in [-0.05, 0) is 31.6 Å². The van der Waals surface area contributed by atoms with Gasteiger partial charge in [0.05, 0.1) is 0 Å². The molecule has 2 rings (SSSR count). The van der Waals surface area contributed by atoms with Crippen molar-refractivity contribution >= 4 is 29.9 Å². The van der Waals surface area contributed by atoms with E-state index in [1.807, 2.05) is 24.6 Å². The lowest BCUT2D eigenvalue weighted by Crippen LogP contribution is -2.47. The minimum absolute atomic E-state index is 0. The van der Waals surface area contributed by atoms with Crippen molar-refractivity contribution in [3.63, 3.8) is 0 Å². The number of guanidine groups is 1. The summed E-state index contributed by atoms with van der Waals surface area (Å²) in [5.41, 5.74) is 0.341. The molecule has 1 fully saturated rings. The standard InChI is InChI=1S/C17H30N6O.HI/c1-5-10-18-16(19-12-15-22-21-14(2)23(15)3)20-13-17(7-6-8-17)9-11-24-4;/h5H,1,6-13H2,2-4H3,(H2,18,19,20);1H. The van der Waals surface area contributed by atoms with E-state index in [-0.39, 0.29) is 24.0 Å². The molecule has 0 saturated heterocycles. The van der Waals surface area contributed by atoms with Crippen LogP contribution in [0.25, 0.3) is 0 Å². The summed E-state index contributed by atoms with van der Waals surface area (Å²) in [5.74, 6) is 2.53. The van der Waals surface area contributed by atoms with Crippen molar-refractivity contribution in [2.24, 2.45) is 17.5 Å². The zero-order valence-electron chi connectivity index (χ0n) is 15.5. The minimum atomic E-state index is 0. The van der Waals surface area contributed by atoms with Gasteiger partial charge in [0.25, 0.3) is 0 Å². The van der Waals surface area contributed by atoms with Gasteiger partial charge in [-0.25, -0.2) is 4.99 Å². The molecule has 7 nitrogen and oxygen atoms in total. The molecule has 1 aromatic heterocycles. The number of nitrogens with one attached hydrogen (secondary N) is 2. The van der Waals surface area contributed by atoms with Gasteiger partial charge in [0, 0.05) is 33.9 Å². The first kappa shape index (κ1) is 21.9. The van der Waals surface area contributed by atoms with Gasteiger partial charge in [0.1, 0.15) is 12.4 Å². The molecule has 0 radical (unpaired) electrons. The number of rotatable bonds is 9. The Bertz CT molecular complexity index is 567. The Kier molecular flexibility index (Phi) is 9.41. The highest BCUT2D eigenvalue weighted by molar-refractivity contribution is 14.0. The second-order valence-electron chi connectivity index (χ2n) is 6.51. The van der Waals surface area contributed by atoms with Crippen LogP contribution >= 0.6 is 24.0 Å². The summed E-state index contributed by atoms with van der Waals surface area (Å²) in [6, 6.07) is 0. The van der Waals surface area contributed by atoms with Crippen molar-refractivity contribution in [2.75, 3.05) is 26.8 Å². The van der Waals surface area contributed by atoms with Gasteiger partial charge in [-0.15, -0.1) is 40.8 Å². The van der Waals surface area contributed by atoms with E-state index in [0.717, 1.165) is 37.2 Å². The Labute approximate surface area is 167 Å². The van der Waals surface area contributed by atoms with Crippen molar-refractivity contribution in [2.45, 2.75) is 39.2 Å². The zero-order chi connectivity index (χ0) is 17.4. The molecule has 0 aromatic carbocycles. The highest BCUT2D eigenvalue weighted by Gasteiger charge is 2.36. The van der Waals surface area contributed by atoms with Crippen LogP contribution < -0.4 is 10.6 Å². The van der Waals surface area contributed by atoms with Crippen LogP contribution in [-0.4, -0.2) is 47.5 Å². The fraction of sp³-hybridized carbons (Fsp3) is 0.706. The van der Waals surface area contributed by atoms with Gasteiger partial charge in [-0.2, -0.15) is 0 Å². The van der Waals surface area contributed by atoms with Crippen LogP contribution in [0.5, 0.6) is 0 Å². The first-order chi connectivity index (χ1) is 11.6. The highest BCUT2D eigenvalue weighted by Crippen LogP contribution is 2.43. The summed E-state index contributed by atoms with van der Waals surface area (Å²) >= 11 is 0. The molecule has 0 bridgehead atoms. The Morgan fingerprint density at radius 3 is 2.68 bits per heavy atom. The predicted molar refractivity (Wildman–Crippen MR) is 111 cm³/mol. The summed E-state index contributed by atoms with van der Waals surface area (Å²) in [6.45, 7) is 8.59. The summed E-state index contributed by atoms with van der Waals surface area (Å²) in [7, 11) is 3.72. The highest BCUT2D eigenvalue weighted by atomic mass is 127. The third-order valence-electron chi connectivity index (χ3n) is 4.86. The maximum Gasteiger partial charge on any atom is 0.191 e. The molecule has 25 heavy (non-hydrogen) atoms. The van der Waals surface area contributed by atoms with E-state index in [2.05, 4.69) is 32.4 Å². The molecule has 1 saturated carbocycles. The number of aryl methyl sites for hydroxylation is 1. The van der Waals surface area contributed by atoms with E-state index < -0.39 is 0 Å². The number of aromatic nitrogens is 3. The van der Waals surface area contributed by atoms with E-state index in [9.17, 15) is 0 Å². The van der Waals surface area contributed by atoms with Crippen LogP contribution in [0.15, 0.2) is 17.6 Å². The van der Waals surface area contributed by atoms with Gasteiger partial charge in [-0.1, -0.05) is 12.5 Å². The second kappa shape index (κ2) is 10.7. The van der Waals surface area contributed by atoms with Crippen molar-refractivity contribution in [1.29, 1.82) is 0 Å². The monoisotopic (exact) mass is 462 g/mol. The van der Waals surface area contributed by atoms with Gasteiger partial charge in [0.15, 0.2) is 11.8 Å². The van der Waals surface area contributed by atoms with E-state index in [4.69, 9.17) is 4.74 Å². The third kappa shape index (κ3) is 6.25. The zero-order valence-corrected chi connectivity index (χ0v) is 17.9. The molecule has 0 unspecified atom stereocenters. The first-order valence-electron chi connectivity index (χ1n) is 8.57. The van der Waals surface area contributed by atoms with Crippen LogP contribution in [0.2, 0.25) is 0 Å². The first-order valence-corrected chi connectivity index (χ1v) is 8.57. The average molecular weight is 462 g/mol. The largest absolute Gasteiger partial charge is 0.385 e. The minimum Gasteiger partial charge on any atom is -0.385 e. The summed E-state index contributed by atoms with van der Waals surface area (Å²) in [6.07, 6.45) is 6.72. The lowest BCUT2D eigenvalue weighted by molar-refractivity contribution is 0.0732. The summed E-state index contributed by atoms with van der Waals surface area (Å²) < 4.78 is 7.22. The smallest absolute Gasteiger partial charge is 0.191 e. The molecule has 1 aromatic rings. The van der Waals surface area contributed by atoms with Crippen molar-refractivity contribution < 1.29 is 4.74 Å². The SMILES string of the molecule is C=CCNC(=NCc1nnc(C)n1C)NCC1(CCOC)CCC1.I. The molecular formula is C17H31IN6O. The maximum atomic E-state index is 5.26. The quantitative estimate of drug-likeness (QED) is 0.255. The third-order valence-corrected chi connectivity index (χ3v) is 4.86. The number of nitrogens with zero attached hydrogens (tertiary/aromatic N) is 4. The molecule has 1 aliphatic rings. The second-order valence-corrected chi connectivity index (χ2v) is 6.51. The number of ether oxygens (including phenoxy) is 1. The summed E-state index contributed by atoms with van der Waals surface area (Å²) in [5, 5.41) is 15.0. The maximum absolute atomic E-state index is 5.26. The molecule has 0 atom stereocenters. The lowest BCUT2D eigenvalue weighted by Gasteiger charge is -2.42. The lowest BCUT2D eigenvalue weighted by atomic mass is 9.67. The van der Waals surface area contributed by atoms with Crippen molar-refractivity contribution in [1.82, 2.24) is 25.4 Å². The predicted octanol–water partition coefficient (Wildman–Crippen LogP) is 2.17. The normalized spacial score (nSPS) is 15.9. The van der Waals surface area contributed by atoms with Gasteiger partial charge in [-0.3, -0.25) is 0 Å². The number of hydrogen-bond acceptors (Lipinski definition) is 4. The average Bonchev–Trinajstić information content (AvgIpc) is 2.87. The molecule has 1 heterocycles. The Balaban J connectivity index is 0.00000312. The Morgan fingerprint density at radius 1 is 1.40 bits per heavy atom. The molecule has 1 aliphatic carbocycles. The van der Waals surface area contributed by atoms with Crippen molar-refractivity contribution in [3.05, 3.63) is 24.3 Å². The number of methoxy groups -OCH3 is 1. The molecule has 0 aliphatic heterocycles. The van der Waals surface area contributed by atoms with E-state index >= 15 is 0 Å². The Hall–Kier alpha value is -1.16. The van der Waals surface area contributed by atoms with Crippen molar-refractivity contribution in [3.8, 4) is 0 Å². The molecule has 0 amide bonds. The van der Waals surface area contributed by atoms with Crippen LogP contribution in [0.4, 0.5) is 0 Å². The van der Waals surface area contributed by atoms with Gasteiger partial charge < -0.3 is 19.9 Å². The topological polar surface area (TPSA) is 76.4 Å². The van der Waals surface area contributed by atoms with Crippen LogP contribution in [0.1, 0.15) is 37.3 Å². The molecular weight excluding hydrogens is 431 g/mol. The number of halogens is 1.